The van der Waals surface area contributed by atoms with Crippen LogP contribution in [0.2, 0.25) is 0 Å². The third kappa shape index (κ3) is 4.80. The minimum atomic E-state index is -0.153. The molecule has 0 fully saturated rings. The summed E-state index contributed by atoms with van der Waals surface area (Å²) in [5.41, 5.74) is 0. The summed E-state index contributed by atoms with van der Waals surface area (Å²) >= 11 is 0. The molecule has 1 aliphatic rings. The van der Waals surface area contributed by atoms with Crippen LogP contribution in [0, 0.1) is 5.92 Å². The van der Waals surface area contributed by atoms with Crippen LogP contribution in [0.5, 0.6) is 0 Å². The van der Waals surface area contributed by atoms with Gasteiger partial charge in [-0.1, -0.05) is 57.6 Å². The lowest BCUT2D eigenvalue weighted by molar-refractivity contribution is 0.207. The molecule has 1 nitrogen and oxygen atoms in total. The van der Waals surface area contributed by atoms with Gasteiger partial charge in [-0.25, -0.2) is 0 Å². The maximum atomic E-state index is 9.29. The fourth-order valence-corrected chi connectivity index (χ4v) is 2.15. The van der Waals surface area contributed by atoms with E-state index in [1.54, 1.807) is 0 Å². The summed E-state index contributed by atoms with van der Waals surface area (Å²) in [6, 6.07) is 0. The molecule has 0 saturated heterocycles. The molecule has 0 saturated carbocycles. The highest BCUT2D eigenvalue weighted by Gasteiger charge is 2.15. The van der Waals surface area contributed by atoms with Crippen molar-refractivity contribution in [3.63, 3.8) is 0 Å². The third-order valence-electron chi connectivity index (χ3n) is 3.08. The largest absolute Gasteiger partial charge is 0.389 e. The first-order valence-electron chi connectivity index (χ1n) is 6.19. The Labute approximate surface area is 88.2 Å². The minimum Gasteiger partial charge on any atom is -0.389 e. The highest BCUT2D eigenvalue weighted by molar-refractivity contribution is 5.02. The van der Waals surface area contributed by atoms with Gasteiger partial charge < -0.3 is 5.11 Å². The molecule has 1 N–H and O–H groups in total. The van der Waals surface area contributed by atoms with Crippen molar-refractivity contribution in [1.29, 1.82) is 0 Å². The van der Waals surface area contributed by atoms with Crippen LogP contribution in [0.3, 0.4) is 0 Å². The van der Waals surface area contributed by atoms with Gasteiger partial charge >= 0.3 is 0 Å². The van der Waals surface area contributed by atoms with Crippen LogP contribution in [0.4, 0.5) is 0 Å². The third-order valence-corrected chi connectivity index (χ3v) is 3.08. The molecular formula is C13H24O. The van der Waals surface area contributed by atoms with E-state index in [9.17, 15) is 5.11 Å². The lowest BCUT2D eigenvalue weighted by Crippen LogP contribution is -2.01. The highest BCUT2D eigenvalue weighted by atomic mass is 16.3. The second kappa shape index (κ2) is 7.05. The highest BCUT2D eigenvalue weighted by Crippen LogP contribution is 2.23. The normalized spacial score (nSPS) is 25.9. The molecule has 2 atom stereocenters. The number of unbranched alkanes of at least 4 members (excludes halogenated alkanes) is 5. The SMILES string of the molecule is CCCCCCCC[C@@H]1C=C[C@H](O)C1. The van der Waals surface area contributed by atoms with Crippen molar-refractivity contribution in [2.24, 2.45) is 5.92 Å². The number of aliphatic hydroxyl groups is 1. The summed E-state index contributed by atoms with van der Waals surface area (Å²) in [7, 11) is 0. The van der Waals surface area contributed by atoms with Crippen molar-refractivity contribution >= 4 is 0 Å². The molecule has 0 amide bonds. The molecular weight excluding hydrogens is 172 g/mol. The summed E-state index contributed by atoms with van der Waals surface area (Å²) in [4.78, 5) is 0. The summed E-state index contributed by atoms with van der Waals surface area (Å²) < 4.78 is 0. The molecule has 1 aliphatic carbocycles. The van der Waals surface area contributed by atoms with Crippen LogP contribution in [0.15, 0.2) is 12.2 Å². The number of allylic oxidation sites excluding steroid dienone is 1. The van der Waals surface area contributed by atoms with E-state index in [1.807, 2.05) is 6.08 Å². The average Bonchev–Trinajstić information content (AvgIpc) is 2.58. The molecule has 0 radical (unpaired) electrons. The van der Waals surface area contributed by atoms with Crippen molar-refractivity contribution in [2.45, 2.75) is 64.4 Å². The van der Waals surface area contributed by atoms with Gasteiger partial charge in [-0.05, 0) is 18.8 Å². The summed E-state index contributed by atoms with van der Waals surface area (Å²) in [5.74, 6) is 0.663. The summed E-state index contributed by atoms with van der Waals surface area (Å²) in [5, 5.41) is 9.29. The topological polar surface area (TPSA) is 20.2 Å². The Kier molecular flexibility index (Phi) is 5.93. The fourth-order valence-electron chi connectivity index (χ4n) is 2.15. The standard InChI is InChI=1S/C13H24O/c1-2-3-4-5-6-7-8-12-9-10-13(14)11-12/h9-10,12-14H,2-8,11H2,1H3/t12-,13+/m1/s1. The van der Waals surface area contributed by atoms with Crippen LogP contribution in [0.1, 0.15) is 58.3 Å². The average molecular weight is 196 g/mol. The molecule has 0 aromatic heterocycles. The molecule has 0 unspecified atom stereocenters. The van der Waals surface area contributed by atoms with E-state index in [2.05, 4.69) is 13.0 Å². The Hall–Kier alpha value is -0.300. The Bertz CT molecular complexity index is 163. The molecule has 0 aromatic carbocycles. The molecule has 0 aliphatic heterocycles. The molecule has 0 bridgehead atoms. The summed E-state index contributed by atoms with van der Waals surface area (Å²) in [6.07, 6.45) is 14.5. The first kappa shape index (κ1) is 11.8. The molecule has 0 spiro atoms. The quantitative estimate of drug-likeness (QED) is 0.486. The zero-order chi connectivity index (χ0) is 10.2. The number of hydrogen-bond acceptors (Lipinski definition) is 1. The van der Waals surface area contributed by atoms with Gasteiger partial charge in [0.25, 0.3) is 0 Å². The van der Waals surface area contributed by atoms with Crippen LogP contribution < -0.4 is 0 Å². The van der Waals surface area contributed by atoms with Crippen LogP contribution in [-0.2, 0) is 0 Å². The summed E-state index contributed by atoms with van der Waals surface area (Å²) in [6.45, 7) is 2.25. The molecule has 0 heterocycles. The zero-order valence-corrected chi connectivity index (χ0v) is 9.41. The van der Waals surface area contributed by atoms with Gasteiger partial charge in [-0.3, -0.25) is 0 Å². The van der Waals surface area contributed by atoms with Gasteiger partial charge in [0.05, 0.1) is 6.10 Å². The van der Waals surface area contributed by atoms with E-state index >= 15 is 0 Å². The second-order valence-electron chi connectivity index (χ2n) is 4.50. The maximum Gasteiger partial charge on any atom is 0.0726 e. The Morgan fingerprint density at radius 3 is 2.43 bits per heavy atom. The van der Waals surface area contributed by atoms with E-state index < -0.39 is 0 Å². The molecule has 1 rings (SSSR count). The lowest BCUT2D eigenvalue weighted by atomic mass is 9.99. The second-order valence-corrected chi connectivity index (χ2v) is 4.50. The van der Waals surface area contributed by atoms with Gasteiger partial charge in [-0.15, -0.1) is 0 Å². The molecule has 1 heteroatoms. The monoisotopic (exact) mass is 196 g/mol. The van der Waals surface area contributed by atoms with Gasteiger partial charge in [0.15, 0.2) is 0 Å². The predicted octanol–water partition coefficient (Wildman–Crippen LogP) is 3.67. The van der Waals surface area contributed by atoms with Crippen molar-refractivity contribution in [3.8, 4) is 0 Å². The fraction of sp³-hybridized carbons (Fsp3) is 0.846. The van der Waals surface area contributed by atoms with E-state index in [0.29, 0.717) is 5.92 Å². The van der Waals surface area contributed by atoms with E-state index in [4.69, 9.17) is 0 Å². The van der Waals surface area contributed by atoms with Gasteiger partial charge in [0.2, 0.25) is 0 Å². The van der Waals surface area contributed by atoms with Gasteiger partial charge in [0.1, 0.15) is 0 Å². The Balaban J connectivity index is 1.87. The van der Waals surface area contributed by atoms with Crippen LogP contribution >= 0.6 is 0 Å². The lowest BCUT2D eigenvalue weighted by Gasteiger charge is -2.07. The Morgan fingerprint density at radius 2 is 1.79 bits per heavy atom. The minimum absolute atomic E-state index is 0.153. The van der Waals surface area contributed by atoms with E-state index in [-0.39, 0.29) is 6.10 Å². The van der Waals surface area contributed by atoms with E-state index in [1.165, 1.54) is 44.9 Å². The molecule has 0 aromatic rings. The maximum absolute atomic E-state index is 9.29. The Morgan fingerprint density at radius 1 is 1.07 bits per heavy atom. The van der Waals surface area contributed by atoms with Crippen molar-refractivity contribution < 1.29 is 5.11 Å². The predicted molar refractivity (Wildman–Crippen MR) is 61.2 cm³/mol. The van der Waals surface area contributed by atoms with Gasteiger partial charge in [-0.2, -0.15) is 0 Å². The molecule has 14 heavy (non-hydrogen) atoms. The van der Waals surface area contributed by atoms with Crippen LogP contribution in [-0.4, -0.2) is 11.2 Å². The number of aliphatic hydroxyl groups excluding tert-OH is 1. The van der Waals surface area contributed by atoms with Crippen molar-refractivity contribution in [2.75, 3.05) is 0 Å². The first-order chi connectivity index (χ1) is 6.83. The van der Waals surface area contributed by atoms with E-state index in [0.717, 1.165) is 6.42 Å². The molecule has 82 valence electrons. The van der Waals surface area contributed by atoms with Crippen molar-refractivity contribution in [1.82, 2.24) is 0 Å². The van der Waals surface area contributed by atoms with Gasteiger partial charge in [0, 0.05) is 0 Å². The zero-order valence-electron chi connectivity index (χ0n) is 9.41. The first-order valence-corrected chi connectivity index (χ1v) is 6.19. The number of hydrogen-bond donors (Lipinski definition) is 1. The number of rotatable bonds is 7. The van der Waals surface area contributed by atoms with Crippen LogP contribution in [0.25, 0.3) is 0 Å². The van der Waals surface area contributed by atoms with Crippen molar-refractivity contribution in [3.05, 3.63) is 12.2 Å². The smallest absolute Gasteiger partial charge is 0.0726 e.